The van der Waals surface area contributed by atoms with Gasteiger partial charge in [-0.05, 0) is 48.2 Å². The third kappa shape index (κ3) is 6.36. The Balaban J connectivity index is 1.84. The van der Waals surface area contributed by atoms with E-state index in [0.29, 0.717) is 10.2 Å². The molecule has 27 heavy (non-hydrogen) atoms. The smallest absolute Gasteiger partial charge is 0.344 e. The van der Waals surface area contributed by atoms with Crippen LogP contribution in [0.2, 0.25) is 0 Å². The maximum atomic E-state index is 13.7. The van der Waals surface area contributed by atoms with E-state index in [2.05, 4.69) is 21.2 Å². The molecular formula is C20H21BrFNO4. The fourth-order valence-corrected chi connectivity index (χ4v) is 2.68. The van der Waals surface area contributed by atoms with Crippen molar-refractivity contribution in [3.63, 3.8) is 0 Å². The number of anilines is 1. The Hall–Kier alpha value is -2.41. The highest BCUT2D eigenvalue weighted by Gasteiger charge is 2.13. The van der Waals surface area contributed by atoms with Crippen molar-refractivity contribution in [3.8, 4) is 5.75 Å². The highest BCUT2D eigenvalue weighted by atomic mass is 79.9. The average Bonchev–Trinajstić information content (AvgIpc) is 2.60. The molecule has 0 saturated heterocycles. The number of benzene rings is 2. The van der Waals surface area contributed by atoms with Crippen molar-refractivity contribution >= 4 is 33.5 Å². The molecule has 0 aliphatic carbocycles. The van der Waals surface area contributed by atoms with Crippen LogP contribution < -0.4 is 10.1 Å². The topological polar surface area (TPSA) is 64.6 Å². The number of amides is 1. The van der Waals surface area contributed by atoms with Crippen LogP contribution in [0, 0.1) is 12.7 Å². The van der Waals surface area contributed by atoms with E-state index in [1.165, 1.54) is 12.1 Å². The molecule has 2 aromatic rings. The van der Waals surface area contributed by atoms with Gasteiger partial charge in [-0.25, -0.2) is 9.18 Å². The molecule has 144 valence electrons. The van der Waals surface area contributed by atoms with Crippen LogP contribution in [0.5, 0.6) is 5.75 Å². The summed E-state index contributed by atoms with van der Waals surface area (Å²) in [5.74, 6) is -1.06. The summed E-state index contributed by atoms with van der Waals surface area (Å²) in [6.45, 7) is 5.15. The fourth-order valence-electron chi connectivity index (χ4n) is 2.35. The summed E-state index contributed by atoms with van der Waals surface area (Å²) in [5.41, 5.74) is 2.01. The first-order valence-electron chi connectivity index (χ1n) is 8.40. The van der Waals surface area contributed by atoms with E-state index in [4.69, 9.17) is 9.47 Å². The molecule has 0 aliphatic heterocycles. The molecule has 0 atom stereocenters. The van der Waals surface area contributed by atoms with E-state index in [1.54, 1.807) is 6.07 Å². The monoisotopic (exact) mass is 437 g/mol. The van der Waals surface area contributed by atoms with E-state index in [-0.39, 0.29) is 18.2 Å². The molecule has 2 aromatic carbocycles. The molecule has 0 radical (unpaired) electrons. The first kappa shape index (κ1) is 20.9. The van der Waals surface area contributed by atoms with E-state index in [1.807, 2.05) is 39.0 Å². The maximum absolute atomic E-state index is 13.7. The lowest BCUT2D eigenvalue weighted by atomic mass is 10.0. The Labute approximate surface area is 166 Å². The van der Waals surface area contributed by atoms with Gasteiger partial charge in [0.1, 0.15) is 11.6 Å². The molecule has 1 amide bonds. The second-order valence-electron chi connectivity index (χ2n) is 6.32. The van der Waals surface area contributed by atoms with Crippen LogP contribution in [0.15, 0.2) is 40.9 Å². The molecule has 0 heterocycles. The first-order chi connectivity index (χ1) is 12.8. The largest absolute Gasteiger partial charge is 0.482 e. The first-order valence-corrected chi connectivity index (χ1v) is 9.19. The second-order valence-corrected chi connectivity index (χ2v) is 7.23. The van der Waals surface area contributed by atoms with Crippen LogP contribution in [-0.4, -0.2) is 25.1 Å². The highest BCUT2D eigenvalue weighted by Crippen LogP contribution is 2.27. The van der Waals surface area contributed by atoms with Gasteiger partial charge in [0.05, 0.1) is 5.69 Å². The zero-order valence-corrected chi connectivity index (χ0v) is 16.9. The molecular weight excluding hydrogens is 417 g/mol. The number of rotatable bonds is 7. The molecule has 5 nitrogen and oxygen atoms in total. The third-order valence-electron chi connectivity index (χ3n) is 3.71. The lowest BCUT2D eigenvalue weighted by Gasteiger charge is -2.14. The number of carbonyl (C=O) groups excluding carboxylic acids is 2. The van der Waals surface area contributed by atoms with Gasteiger partial charge in [0.2, 0.25) is 0 Å². The predicted molar refractivity (Wildman–Crippen MR) is 104 cm³/mol. The minimum absolute atomic E-state index is 0.0110. The lowest BCUT2D eigenvalue weighted by Crippen LogP contribution is -2.24. The van der Waals surface area contributed by atoms with Gasteiger partial charge in [-0.15, -0.1) is 0 Å². The van der Waals surface area contributed by atoms with E-state index >= 15 is 0 Å². The molecule has 0 fully saturated rings. The molecule has 0 unspecified atom stereocenters. The van der Waals surface area contributed by atoms with Crippen molar-refractivity contribution in [1.82, 2.24) is 0 Å². The van der Waals surface area contributed by atoms with Gasteiger partial charge in [-0.1, -0.05) is 41.9 Å². The number of nitrogens with one attached hydrogen (secondary N) is 1. The number of halogens is 2. The van der Waals surface area contributed by atoms with Crippen molar-refractivity contribution in [2.45, 2.75) is 26.7 Å². The zero-order chi connectivity index (χ0) is 20.0. The molecule has 0 bridgehead atoms. The maximum Gasteiger partial charge on any atom is 0.344 e. The summed E-state index contributed by atoms with van der Waals surface area (Å²) in [7, 11) is 0. The van der Waals surface area contributed by atoms with E-state index in [0.717, 1.165) is 11.1 Å². The van der Waals surface area contributed by atoms with Gasteiger partial charge < -0.3 is 14.8 Å². The van der Waals surface area contributed by atoms with Gasteiger partial charge >= 0.3 is 5.97 Å². The third-order valence-corrected chi connectivity index (χ3v) is 4.20. The number of ether oxygens (including phenoxy) is 2. The highest BCUT2D eigenvalue weighted by molar-refractivity contribution is 9.10. The molecule has 2 rings (SSSR count). The van der Waals surface area contributed by atoms with Gasteiger partial charge in [0.15, 0.2) is 13.2 Å². The Morgan fingerprint density at radius 3 is 2.56 bits per heavy atom. The summed E-state index contributed by atoms with van der Waals surface area (Å²) in [5, 5.41) is 2.35. The van der Waals surface area contributed by atoms with Crippen molar-refractivity contribution in [3.05, 3.63) is 57.8 Å². The Morgan fingerprint density at radius 1 is 1.15 bits per heavy atom. The Bertz CT molecular complexity index is 839. The SMILES string of the molecule is Cc1ccc(C(C)C)c(OCC(=O)OCC(=O)Nc2ccc(Br)cc2F)c1. The Morgan fingerprint density at radius 2 is 1.89 bits per heavy atom. The number of hydrogen-bond donors (Lipinski definition) is 1. The fraction of sp³-hybridized carbons (Fsp3) is 0.300. The van der Waals surface area contributed by atoms with Crippen LogP contribution in [0.1, 0.15) is 30.9 Å². The molecule has 0 spiro atoms. The minimum atomic E-state index is -0.683. The molecule has 0 saturated carbocycles. The van der Waals surface area contributed by atoms with Crippen LogP contribution in [0.4, 0.5) is 10.1 Å². The predicted octanol–water partition coefficient (Wildman–Crippen LogP) is 4.58. The van der Waals surface area contributed by atoms with Crippen LogP contribution in [0.25, 0.3) is 0 Å². The zero-order valence-electron chi connectivity index (χ0n) is 15.3. The number of aryl methyl sites for hydroxylation is 1. The Kier molecular flexibility index (Phi) is 7.36. The van der Waals surface area contributed by atoms with E-state index in [9.17, 15) is 14.0 Å². The van der Waals surface area contributed by atoms with Crippen LogP contribution >= 0.6 is 15.9 Å². The molecule has 0 aliphatic rings. The normalized spacial score (nSPS) is 10.6. The van der Waals surface area contributed by atoms with Crippen LogP contribution in [0.3, 0.4) is 0 Å². The molecule has 0 aromatic heterocycles. The second kappa shape index (κ2) is 9.50. The minimum Gasteiger partial charge on any atom is -0.482 e. The number of esters is 1. The van der Waals surface area contributed by atoms with Crippen molar-refractivity contribution < 1.29 is 23.5 Å². The lowest BCUT2D eigenvalue weighted by molar-refractivity contribution is -0.149. The van der Waals surface area contributed by atoms with Gasteiger partial charge in [-0.2, -0.15) is 0 Å². The summed E-state index contributed by atoms with van der Waals surface area (Å²) in [4.78, 5) is 23.7. The van der Waals surface area contributed by atoms with Crippen molar-refractivity contribution in [2.75, 3.05) is 18.5 Å². The quantitative estimate of drug-likeness (QED) is 0.643. The molecule has 7 heteroatoms. The summed E-state index contributed by atoms with van der Waals surface area (Å²) < 4.78 is 24.7. The van der Waals surface area contributed by atoms with Crippen molar-refractivity contribution in [1.29, 1.82) is 0 Å². The summed E-state index contributed by atoms with van der Waals surface area (Å²) in [6.07, 6.45) is 0. The van der Waals surface area contributed by atoms with E-state index < -0.39 is 24.3 Å². The van der Waals surface area contributed by atoms with Gasteiger partial charge in [-0.3, -0.25) is 4.79 Å². The van der Waals surface area contributed by atoms with Crippen molar-refractivity contribution in [2.24, 2.45) is 0 Å². The molecule has 1 N–H and O–H groups in total. The summed E-state index contributed by atoms with van der Waals surface area (Å²) >= 11 is 3.13. The van der Waals surface area contributed by atoms with Gasteiger partial charge in [0.25, 0.3) is 5.91 Å². The number of hydrogen-bond acceptors (Lipinski definition) is 4. The summed E-state index contributed by atoms with van der Waals surface area (Å²) in [6, 6.07) is 10.0. The average molecular weight is 438 g/mol. The van der Waals surface area contributed by atoms with Crippen LogP contribution in [-0.2, 0) is 14.3 Å². The number of carbonyl (C=O) groups is 2. The van der Waals surface area contributed by atoms with Gasteiger partial charge in [0, 0.05) is 4.47 Å². The standard InChI is InChI=1S/C20H21BrFNO4/c1-12(2)15-6-4-13(3)8-18(15)26-11-20(25)27-10-19(24)23-17-7-5-14(21)9-16(17)22/h4-9,12H,10-11H2,1-3H3,(H,23,24).